The molecular weight excluding hydrogens is 308 g/mol. The molecule has 2 aromatic rings. The normalized spacial score (nSPS) is 10.1. The second-order valence-corrected chi connectivity index (χ2v) is 4.95. The summed E-state index contributed by atoms with van der Waals surface area (Å²) in [6, 6.07) is 13.9. The molecule has 0 aliphatic carbocycles. The first-order valence-electron chi connectivity index (χ1n) is 7.62. The number of ether oxygens (including phenoxy) is 2. The van der Waals surface area contributed by atoms with Gasteiger partial charge in [0.1, 0.15) is 5.75 Å². The van der Waals surface area contributed by atoms with Gasteiger partial charge in [0, 0.05) is 12.1 Å². The van der Waals surface area contributed by atoms with Crippen molar-refractivity contribution in [1.29, 1.82) is 0 Å². The van der Waals surface area contributed by atoms with Crippen LogP contribution in [-0.2, 0) is 16.1 Å². The quantitative estimate of drug-likeness (QED) is 0.761. The standard InChI is InChI=1S/C18H20N2O4/c1-2-23-17(21)12-24-16-6-4-3-5-15(16)20-18(22)14-9-7-13(11-19)8-10-14/h3-10H,2,11-12,19H2,1H3,(H,20,22). The minimum atomic E-state index is -0.462. The highest BCUT2D eigenvalue weighted by molar-refractivity contribution is 6.05. The van der Waals surface area contributed by atoms with Crippen molar-refractivity contribution in [2.75, 3.05) is 18.5 Å². The number of para-hydroxylation sites is 2. The molecule has 2 aromatic carbocycles. The Morgan fingerprint density at radius 3 is 2.46 bits per heavy atom. The van der Waals surface area contributed by atoms with Crippen LogP contribution in [0, 0.1) is 0 Å². The number of amides is 1. The van der Waals surface area contributed by atoms with E-state index < -0.39 is 5.97 Å². The van der Waals surface area contributed by atoms with E-state index in [2.05, 4.69) is 5.32 Å². The molecule has 3 N–H and O–H groups in total. The molecule has 6 heteroatoms. The van der Waals surface area contributed by atoms with Gasteiger partial charge < -0.3 is 20.5 Å². The lowest BCUT2D eigenvalue weighted by Crippen LogP contribution is -2.17. The van der Waals surface area contributed by atoms with Gasteiger partial charge >= 0.3 is 5.97 Å². The van der Waals surface area contributed by atoms with Crippen molar-refractivity contribution >= 4 is 17.6 Å². The molecule has 0 aliphatic heterocycles. The van der Waals surface area contributed by atoms with Gasteiger partial charge in [0.15, 0.2) is 6.61 Å². The maximum Gasteiger partial charge on any atom is 0.344 e. The summed E-state index contributed by atoms with van der Waals surface area (Å²) in [6.07, 6.45) is 0. The van der Waals surface area contributed by atoms with Gasteiger partial charge in [-0.05, 0) is 36.8 Å². The van der Waals surface area contributed by atoms with E-state index in [-0.39, 0.29) is 12.5 Å². The minimum Gasteiger partial charge on any atom is -0.480 e. The van der Waals surface area contributed by atoms with Gasteiger partial charge in [0.05, 0.1) is 12.3 Å². The molecule has 0 spiro atoms. The van der Waals surface area contributed by atoms with E-state index in [4.69, 9.17) is 15.2 Å². The van der Waals surface area contributed by atoms with Crippen molar-refractivity contribution in [1.82, 2.24) is 0 Å². The summed E-state index contributed by atoms with van der Waals surface area (Å²) in [5.41, 5.74) is 7.48. The fraction of sp³-hybridized carbons (Fsp3) is 0.222. The molecule has 0 radical (unpaired) electrons. The molecule has 0 saturated carbocycles. The van der Waals surface area contributed by atoms with E-state index in [1.807, 2.05) is 0 Å². The third-order valence-corrected chi connectivity index (χ3v) is 3.24. The van der Waals surface area contributed by atoms with E-state index in [0.29, 0.717) is 30.2 Å². The number of hydrogen-bond donors (Lipinski definition) is 2. The highest BCUT2D eigenvalue weighted by atomic mass is 16.6. The zero-order valence-corrected chi connectivity index (χ0v) is 13.5. The third-order valence-electron chi connectivity index (χ3n) is 3.24. The Hall–Kier alpha value is -2.86. The van der Waals surface area contributed by atoms with Crippen LogP contribution in [0.15, 0.2) is 48.5 Å². The fourth-order valence-corrected chi connectivity index (χ4v) is 2.02. The Balaban J connectivity index is 2.05. The van der Waals surface area contributed by atoms with Crippen LogP contribution >= 0.6 is 0 Å². The molecule has 0 heterocycles. The van der Waals surface area contributed by atoms with Crippen LogP contribution in [-0.4, -0.2) is 25.1 Å². The molecule has 0 bridgehead atoms. The van der Waals surface area contributed by atoms with Crippen LogP contribution in [0.25, 0.3) is 0 Å². The Kier molecular flexibility index (Phi) is 6.33. The van der Waals surface area contributed by atoms with Crippen LogP contribution in [0.2, 0.25) is 0 Å². The van der Waals surface area contributed by atoms with Gasteiger partial charge in [-0.1, -0.05) is 24.3 Å². The van der Waals surface area contributed by atoms with Gasteiger partial charge in [-0.15, -0.1) is 0 Å². The zero-order valence-electron chi connectivity index (χ0n) is 13.5. The number of esters is 1. The lowest BCUT2D eigenvalue weighted by atomic mass is 10.1. The van der Waals surface area contributed by atoms with Crippen molar-refractivity contribution in [2.24, 2.45) is 5.73 Å². The lowest BCUT2D eigenvalue weighted by Gasteiger charge is -2.12. The number of hydrogen-bond acceptors (Lipinski definition) is 5. The molecule has 126 valence electrons. The van der Waals surface area contributed by atoms with Gasteiger partial charge in [0.25, 0.3) is 5.91 Å². The van der Waals surface area contributed by atoms with Crippen molar-refractivity contribution in [3.8, 4) is 5.75 Å². The van der Waals surface area contributed by atoms with Gasteiger partial charge in [-0.25, -0.2) is 4.79 Å². The molecule has 1 amide bonds. The monoisotopic (exact) mass is 328 g/mol. The fourth-order valence-electron chi connectivity index (χ4n) is 2.02. The van der Waals surface area contributed by atoms with Crippen molar-refractivity contribution in [2.45, 2.75) is 13.5 Å². The molecule has 0 fully saturated rings. The summed E-state index contributed by atoms with van der Waals surface area (Å²) in [5.74, 6) is -0.334. The average Bonchev–Trinajstić information content (AvgIpc) is 2.61. The Morgan fingerprint density at radius 2 is 1.79 bits per heavy atom. The van der Waals surface area contributed by atoms with Crippen LogP contribution in [0.1, 0.15) is 22.8 Å². The zero-order chi connectivity index (χ0) is 17.4. The van der Waals surface area contributed by atoms with Gasteiger partial charge in [-0.3, -0.25) is 4.79 Å². The number of carbonyl (C=O) groups is 2. The largest absolute Gasteiger partial charge is 0.480 e. The van der Waals surface area contributed by atoms with Gasteiger partial charge in [0.2, 0.25) is 0 Å². The van der Waals surface area contributed by atoms with Crippen LogP contribution in [0.5, 0.6) is 5.75 Å². The van der Waals surface area contributed by atoms with Gasteiger partial charge in [-0.2, -0.15) is 0 Å². The summed E-state index contributed by atoms with van der Waals surface area (Å²) in [4.78, 5) is 23.7. The SMILES string of the molecule is CCOC(=O)COc1ccccc1NC(=O)c1ccc(CN)cc1. The van der Waals surface area contributed by atoms with Crippen molar-refractivity contribution < 1.29 is 19.1 Å². The summed E-state index contributed by atoms with van der Waals surface area (Å²) >= 11 is 0. The number of carbonyl (C=O) groups excluding carboxylic acids is 2. The molecule has 0 saturated heterocycles. The highest BCUT2D eigenvalue weighted by Gasteiger charge is 2.11. The van der Waals surface area contributed by atoms with Crippen LogP contribution < -0.4 is 15.8 Å². The number of nitrogens with two attached hydrogens (primary N) is 1. The summed E-state index contributed by atoms with van der Waals surface area (Å²) in [5, 5.41) is 2.77. The predicted molar refractivity (Wildman–Crippen MR) is 90.9 cm³/mol. The number of rotatable bonds is 7. The summed E-state index contributed by atoms with van der Waals surface area (Å²) < 4.78 is 10.2. The molecule has 0 atom stereocenters. The van der Waals surface area contributed by atoms with E-state index >= 15 is 0 Å². The Bertz CT molecular complexity index is 698. The first-order chi connectivity index (χ1) is 11.6. The number of anilines is 1. The molecule has 0 unspecified atom stereocenters. The summed E-state index contributed by atoms with van der Waals surface area (Å²) in [7, 11) is 0. The Labute approximate surface area is 140 Å². The second kappa shape index (κ2) is 8.69. The third kappa shape index (κ3) is 4.82. The average molecular weight is 328 g/mol. The molecular formula is C18H20N2O4. The van der Waals surface area contributed by atoms with Crippen LogP contribution in [0.3, 0.4) is 0 Å². The Morgan fingerprint density at radius 1 is 1.08 bits per heavy atom. The maximum absolute atomic E-state index is 12.3. The highest BCUT2D eigenvalue weighted by Crippen LogP contribution is 2.24. The molecule has 2 rings (SSSR count). The number of nitrogens with one attached hydrogen (secondary N) is 1. The molecule has 0 aromatic heterocycles. The second-order valence-electron chi connectivity index (χ2n) is 4.95. The molecule has 24 heavy (non-hydrogen) atoms. The predicted octanol–water partition coefficient (Wildman–Crippen LogP) is 2.34. The lowest BCUT2D eigenvalue weighted by molar-refractivity contribution is -0.145. The first kappa shape index (κ1) is 17.5. The molecule has 6 nitrogen and oxygen atoms in total. The van der Waals surface area contributed by atoms with Crippen molar-refractivity contribution in [3.05, 3.63) is 59.7 Å². The first-order valence-corrected chi connectivity index (χ1v) is 7.62. The van der Waals surface area contributed by atoms with E-state index in [1.165, 1.54) is 0 Å². The topological polar surface area (TPSA) is 90.6 Å². The van der Waals surface area contributed by atoms with Crippen molar-refractivity contribution in [3.63, 3.8) is 0 Å². The summed E-state index contributed by atoms with van der Waals surface area (Å²) in [6.45, 7) is 2.22. The number of benzene rings is 2. The smallest absolute Gasteiger partial charge is 0.344 e. The van der Waals surface area contributed by atoms with Crippen LogP contribution in [0.4, 0.5) is 5.69 Å². The minimum absolute atomic E-state index is 0.216. The van der Waals surface area contributed by atoms with E-state index in [1.54, 1.807) is 55.5 Å². The van der Waals surface area contributed by atoms with E-state index in [0.717, 1.165) is 5.56 Å². The molecule has 0 aliphatic rings. The maximum atomic E-state index is 12.3. The van der Waals surface area contributed by atoms with E-state index in [9.17, 15) is 9.59 Å².